The van der Waals surface area contributed by atoms with E-state index in [1.807, 2.05) is 6.92 Å². The quantitative estimate of drug-likeness (QED) is 0.847. The molecule has 0 spiro atoms. The number of hydrogen-bond acceptors (Lipinski definition) is 4. The van der Waals surface area contributed by atoms with Gasteiger partial charge in [0.25, 0.3) is 5.91 Å². The Bertz CT molecular complexity index is 777. The molecule has 1 aliphatic rings. The summed E-state index contributed by atoms with van der Waals surface area (Å²) in [6.07, 6.45) is 3.09. The van der Waals surface area contributed by atoms with Crippen molar-refractivity contribution in [3.63, 3.8) is 0 Å². The van der Waals surface area contributed by atoms with Gasteiger partial charge in [0, 0.05) is 29.7 Å². The van der Waals surface area contributed by atoms with Crippen LogP contribution in [0.3, 0.4) is 0 Å². The maximum Gasteiger partial charge on any atom is 0.257 e. The first-order valence-electron chi connectivity index (χ1n) is 8.01. The molecular formula is C18H18Cl2N2O3. The molecule has 1 aromatic carbocycles. The van der Waals surface area contributed by atoms with E-state index in [2.05, 4.69) is 10.3 Å². The zero-order valence-electron chi connectivity index (χ0n) is 13.7. The smallest absolute Gasteiger partial charge is 0.257 e. The summed E-state index contributed by atoms with van der Waals surface area (Å²) in [5.74, 6) is 0.0291. The van der Waals surface area contributed by atoms with E-state index in [0.717, 1.165) is 18.4 Å². The molecule has 0 saturated carbocycles. The number of carbonyl (C=O) groups excluding carboxylic acids is 1. The van der Waals surface area contributed by atoms with Gasteiger partial charge in [-0.3, -0.25) is 4.79 Å². The van der Waals surface area contributed by atoms with Crippen molar-refractivity contribution < 1.29 is 14.3 Å². The standard InChI is InChI=1S/C18H18Cl2N2O3/c1-11-14(19)3-2-4-16(11)22-17(23)12-9-15(20)18(21-10-12)25-13-5-7-24-8-6-13/h2-4,9-10,13H,5-8H2,1H3,(H,22,23). The maximum absolute atomic E-state index is 12.4. The summed E-state index contributed by atoms with van der Waals surface area (Å²) in [4.78, 5) is 16.6. The van der Waals surface area contributed by atoms with Crippen molar-refractivity contribution in [2.75, 3.05) is 18.5 Å². The lowest BCUT2D eigenvalue weighted by Gasteiger charge is -2.23. The lowest BCUT2D eigenvalue weighted by atomic mass is 10.1. The third kappa shape index (κ3) is 4.42. The first-order valence-corrected chi connectivity index (χ1v) is 8.76. The number of nitrogens with zero attached hydrogens (tertiary/aromatic N) is 1. The van der Waals surface area contributed by atoms with E-state index < -0.39 is 0 Å². The molecule has 132 valence electrons. The van der Waals surface area contributed by atoms with E-state index in [1.165, 1.54) is 6.20 Å². The van der Waals surface area contributed by atoms with Crippen molar-refractivity contribution in [2.24, 2.45) is 0 Å². The Labute approximate surface area is 156 Å². The zero-order valence-corrected chi connectivity index (χ0v) is 15.2. The highest BCUT2D eigenvalue weighted by molar-refractivity contribution is 6.32. The third-order valence-corrected chi connectivity index (χ3v) is 4.71. The minimum absolute atomic E-state index is 0.0348. The van der Waals surface area contributed by atoms with Crippen LogP contribution >= 0.6 is 23.2 Å². The lowest BCUT2D eigenvalue weighted by molar-refractivity contribution is 0.0238. The highest BCUT2D eigenvalue weighted by Gasteiger charge is 2.18. The number of rotatable bonds is 4. The first-order chi connectivity index (χ1) is 12.0. The highest BCUT2D eigenvalue weighted by atomic mass is 35.5. The van der Waals surface area contributed by atoms with Gasteiger partial charge in [0.05, 0.1) is 18.8 Å². The maximum atomic E-state index is 12.4. The molecule has 1 aromatic heterocycles. The molecule has 1 N–H and O–H groups in total. The van der Waals surface area contributed by atoms with Gasteiger partial charge in [0.15, 0.2) is 0 Å². The molecule has 5 nitrogen and oxygen atoms in total. The Balaban J connectivity index is 1.71. The molecule has 0 bridgehead atoms. The van der Waals surface area contributed by atoms with E-state index in [0.29, 0.717) is 40.4 Å². The molecule has 1 amide bonds. The van der Waals surface area contributed by atoms with Gasteiger partial charge in [-0.1, -0.05) is 29.3 Å². The van der Waals surface area contributed by atoms with Crippen LogP contribution in [0.1, 0.15) is 28.8 Å². The van der Waals surface area contributed by atoms with Crippen LogP contribution in [0.5, 0.6) is 5.88 Å². The number of nitrogens with one attached hydrogen (secondary N) is 1. The molecule has 2 aromatic rings. The lowest BCUT2D eigenvalue weighted by Crippen LogP contribution is -2.26. The van der Waals surface area contributed by atoms with Gasteiger partial charge < -0.3 is 14.8 Å². The fourth-order valence-corrected chi connectivity index (χ4v) is 2.91. The monoisotopic (exact) mass is 380 g/mol. The van der Waals surface area contributed by atoms with Crippen molar-refractivity contribution >= 4 is 34.8 Å². The summed E-state index contributed by atoms with van der Waals surface area (Å²) in [5, 5.41) is 3.72. The van der Waals surface area contributed by atoms with Crippen LogP contribution in [0, 0.1) is 6.92 Å². The van der Waals surface area contributed by atoms with Gasteiger partial charge in [-0.05, 0) is 30.7 Å². The number of ether oxygens (including phenoxy) is 2. The van der Waals surface area contributed by atoms with Gasteiger partial charge in [0.1, 0.15) is 11.1 Å². The number of hydrogen-bond donors (Lipinski definition) is 1. The minimum Gasteiger partial charge on any atom is -0.473 e. The normalized spacial score (nSPS) is 15.0. The molecule has 1 saturated heterocycles. The van der Waals surface area contributed by atoms with E-state index >= 15 is 0 Å². The summed E-state index contributed by atoms with van der Waals surface area (Å²) in [6.45, 7) is 3.18. The Morgan fingerprint density at radius 1 is 1.28 bits per heavy atom. The van der Waals surface area contributed by atoms with Crippen LogP contribution in [0.2, 0.25) is 10.0 Å². The fourth-order valence-electron chi connectivity index (χ4n) is 2.53. The molecule has 0 unspecified atom stereocenters. The van der Waals surface area contributed by atoms with Gasteiger partial charge in [-0.15, -0.1) is 0 Å². The van der Waals surface area contributed by atoms with Crippen molar-refractivity contribution in [2.45, 2.75) is 25.9 Å². The van der Waals surface area contributed by atoms with Gasteiger partial charge >= 0.3 is 0 Å². The summed E-state index contributed by atoms with van der Waals surface area (Å²) in [7, 11) is 0. The summed E-state index contributed by atoms with van der Waals surface area (Å²) < 4.78 is 11.1. The number of benzene rings is 1. The predicted octanol–water partition coefficient (Wildman–Crippen LogP) is 4.51. The van der Waals surface area contributed by atoms with E-state index in [9.17, 15) is 4.79 Å². The van der Waals surface area contributed by atoms with E-state index in [-0.39, 0.29) is 12.0 Å². The van der Waals surface area contributed by atoms with Gasteiger partial charge in [-0.2, -0.15) is 0 Å². The van der Waals surface area contributed by atoms with Crippen molar-refractivity contribution in [3.8, 4) is 5.88 Å². The Morgan fingerprint density at radius 2 is 2.04 bits per heavy atom. The average molecular weight is 381 g/mol. The molecule has 0 atom stereocenters. The van der Waals surface area contributed by atoms with Crippen LogP contribution in [0.15, 0.2) is 30.5 Å². The third-order valence-electron chi connectivity index (χ3n) is 4.03. The number of pyridine rings is 1. The second kappa shape index (κ2) is 8.04. The second-order valence-corrected chi connectivity index (χ2v) is 6.62. The first kappa shape index (κ1) is 18.0. The molecule has 0 aliphatic carbocycles. The SMILES string of the molecule is Cc1c(Cl)cccc1NC(=O)c1cnc(OC2CCOCC2)c(Cl)c1. The van der Waals surface area contributed by atoms with Gasteiger partial charge in [0.2, 0.25) is 5.88 Å². The van der Waals surface area contributed by atoms with Crippen molar-refractivity contribution in [1.82, 2.24) is 4.98 Å². The van der Waals surface area contributed by atoms with Crippen LogP contribution in [-0.4, -0.2) is 30.2 Å². The molecule has 3 rings (SSSR count). The summed E-state index contributed by atoms with van der Waals surface area (Å²) >= 11 is 12.3. The molecule has 1 fully saturated rings. The molecule has 7 heteroatoms. The fraction of sp³-hybridized carbons (Fsp3) is 0.333. The number of anilines is 1. The Kier molecular flexibility index (Phi) is 5.78. The molecule has 0 radical (unpaired) electrons. The molecular weight excluding hydrogens is 363 g/mol. The Hall–Kier alpha value is -1.82. The molecule has 1 aliphatic heterocycles. The average Bonchev–Trinajstić information content (AvgIpc) is 2.61. The van der Waals surface area contributed by atoms with E-state index in [1.54, 1.807) is 24.3 Å². The summed E-state index contributed by atoms with van der Waals surface area (Å²) in [5.41, 5.74) is 1.80. The molecule has 25 heavy (non-hydrogen) atoms. The zero-order chi connectivity index (χ0) is 17.8. The van der Waals surface area contributed by atoms with Crippen molar-refractivity contribution in [3.05, 3.63) is 51.6 Å². The minimum atomic E-state index is -0.308. The number of halogens is 2. The Morgan fingerprint density at radius 3 is 2.76 bits per heavy atom. The summed E-state index contributed by atoms with van der Waals surface area (Å²) in [6, 6.07) is 6.89. The number of carbonyl (C=O) groups is 1. The van der Waals surface area contributed by atoms with Crippen LogP contribution < -0.4 is 10.1 Å². The van der Waals surface area contributed by atoms with Crippen molar-refractivity contribution in [1.29, 1.82) is 0 Å². The van der Waals surface area contributed by atoms with Crippen LogP contribution in [0.4, 0.5) is 5.69 Å². The number of amides is 1. The highest BCUT2D eigenvalue weighted by Crippen LogP contribution is 2.27. The topological polar surface area (TPSA) is 60.5 Å². The molecule has 2 heterocycles. The van der Waals surface area contributed by atoms with Gasteiger partial charge in [-0.25, -0.2) is 4.98 Å². The van der Waals surface area contributed by atoms with E-state index in [4.69, 9.17) is 32.7 Å². The largest absolute Gasteiger partial charge is 0.473 e. The number of aromatic nitrogens is 1. The van der Waals surface area contributed by atoms with Crippen LogP contribution in [0.25, 0.3) is 0 Å². The predicted molar refractivity (Wildman–Crippen MR) is 97.9 cm³/mol. The van der Waals surface area contributed by atoms with Crippen LogP contribution in [-0.2, 0) is 4.74 Å². The second-order valence-electron chi connectivity index (χ2n) is 5.81.